The zero-order chi connectivity index (χ0) is 15.0. The van der Waals surface area contributed by atoms with Crippen molar-refractivity contribution in [1.82, 2.24) is 0 Å². The van der Waals surface area contributed by atoms with Crippen molar-refractivity contribution in [2.24, 2.45) is 0 Å². The third-order valence-corrected chi connectivity index (χ3v) is 3.17. The Morgan fingerprint density at radius 3 is 2.90 bits per heavy atom. The van der Waals surface area contributed by atoms with Gasteiger partial charge in [-0.1, -0.05) is 24.9 Å². The number of anilines is 2. The lowest BCUT2D eigenvalue weighted by Gasteiger charge is -2.12. The number of amides is 1. The first kappa shape index (κ1) is 16.8. The largest absolute Gasteiger partial charge is 0.397 e. The SMILES string of the molecule is CCCC(C)OCCCC(=O)Nc1ccc(Cl)cc1N. The van der Waals surface area contributed by atoms with E-state index in [4.69, 9.17) is 22.1 Å². The first-order chi connectivity index (χ1) is 9.52. The van der Waals surface area contributed by atoms with E-state index in [0.29, 0.717) is 35.8 Å². The maximum Gasteiger partial charge on any atom is 0.224 e. The molecule has 0 radical (unpaired) electrons. The summed E-state index contributed by atoms with van der Waals surface area (Å²) >= 11 is 5.80. The summed E-state index contributed by atoms with van der Waals surface area (Å²) in [5, 5.41) is 3.33. The number of carbonyl (C=O) groups excluding carboxylic acids is 1. The number of ether oxygens (including phenoxy) is 1. The van der Waals surface area contributed by atoms with Gasteiger partial charge in [0.2, 0.25) is 5.91 Å². The van der Waals surface area contributed by atoms with Gasteiger partial charge < -0.3 is 15.8 Å². The quantitative estimate of drug-likeness (QED) is 0.566. The summed E-state index contributed by atoms with van der Waals surface area (Å²) < 4.78 is 5.60. The van der Waals surface area contributed by atoms with Gasteiger partial charge in [-0.25, -0.2) is 0 Å². The number of nitrogens with one attached hydrogen (secondary N) is 1. The zero-order valence-electron chi connectivity index (χ0n) is 12.1. The zero-order valence-corrected chi connectivity index (χ0v) is 12.9. The van der Waals surface area contributed by atoms with E-state index in [0.717, 1.165) is 12.8 Å². The Labute approximate surface area is 125 Å². The number of nitrogen functional groups attached to an aromatic ring is 1. The lowest BCUT2D eigenvalue weighted by molar-refractivity contribution is -0.116. The molecule has 0 saturated heterocycles. The van der Waals surface area contributed by atoms with E-state index in [1.807, 2.05) is 0 Å². The van der Waals surface area contributed by atoms with Crippen molar-refractivity contribution in [2.75, 3.05) is 17.7 Å². The Morgan fingerprint density at radius 1 is 1.50 bits per heavy atom. The van der Waals surface area contributed by atoms with Crippen molar-refractivity contribution in [1.29, 1.82) is 0 Å². The van der Waals surface area contributed by atoms with E-state index in [9.17, 15) is 4.79 Å². The molecule has 1 aromatic carbocycles. The van der Waals surface area contributed by atoms with Crippen molar-refractivity contribution < 1.29 is 9.53 Å². The molecule has 0 aliphatic rings. The van der Waals surface area contributed by atoms with Crippen LogP contribution >= 0.6 is 11.6 Å². The summed E-state index contributed by atoms with van der Waals surface area (Å²) in [4.78, 5) is 11.8. The van der Waals surface area contributed by atoms with Crippen molar-refractivity contribution >= 4 is 28.9 Å². The first-order valence-electron chi connectivity index (χ1n) is 6.99. The summed E-state index contributed by atoms with van der Waals surface area (Å²) in [6, 6.07) is 5.02. The van der Waals surface area contributed by atoms with Crippen LogP contribution in [0.1, 0.15) is 39.5 Å². The Hall–Kier alpha value is -1.26. The van der Waals surface area contributed by atoms with Crippen LogP contribution in [0.5, 0.6) is 0 Å². The molecule has 0 fully saturated rings. The summed E-state index contributed by atoms with van der Waals surface area (Å²) in [5.41, 5.74) is 6.84. The van der Waals surface area contributed by atoms with Gasteiger partial charge in [0.1, 0.15) is 0 Å². The van der Waals surface area contributed by atoms with E-state index in [-0.39, 0.29) is 12.0 Å². The third kappa shape index (κ3) is 6.26. The number of hydrogen-bond donors (Lipinski definition) is 2. The number of benzene rings is 1. The average molecular weight is 299 g/mol. The van der Waals surface area contributed by atoms with Crippen LogP contribution in [0.25, 0.3) is 0 Å². The molecule has 0 bridgehead atoms. The highest BCUT2D eigenvalue weighted by molar-refractivity contribution is 6.31. The van der Waals surface area contributed by atoms with Crippen LogP contribution in [0, 0.1) is 0 Å². The van der Waals surface area contributed by atoms with E-state index in [1.54, 1.807) is 18.2 Å². The molecule has 1 amide bonds. The van der Waals surface area contributed by atoms with Gasteiger partial charge >= 0.3 is 0 Å². The molecule has 0 aliphatic heterocycles. The molecule has 3 N–H and O–H groups in total. The van der Waals surface area contributed by atoms with Crippen LogP contribution in [0.2, 0.25) is 5.02 Å². The van der Waals surface area contributed by atoms with Crippen LogP contribution < -0.4 is 11.1 Å². The number of hydrogen-bond acceptors (Lipinski definition) is 3. The molecule has 5 heteroatoms. The summed E-state index contributed by atoms with van der Waals surface area (Å²) in [6.45, 7) is 4.78. The molecule has 0 saturated carbocycles. The van der Waals surface area contributed by atoms with Gasteiger partial charge in [-0.2, -0.15) is 0 Å². The molecule has 20 heavy (non-hydrogen) atoms. The fourth-order valence-electron chi connectivity index (χ4n) is 1.87. The second-order valence-corrected chi connectivity index (χ2v) is 5.29. The maximum atomic E-state index is 11.8. The molecule has 1 atom stereocenters. The second kappa shape index (κ2) is 8.82. The van der Waals surface area contributed by atoms with Gasteiger partial charge in [0, 0.05) is 18.1 Å². The van der Waals surface area contributed by atoms with Crippen LogP contribution in [0.15, 0.2) is 18.2 Å². The minimum absolute atomic E-state index is 0.0641. The molecular weight excluding hydrogens is 276 g/mol. The molecule has 0 aromatic heterocycles. The number of nitrogens with two attached hydrogens (primary N) is 1. The molecular formula is C15H23ClN2O2. The minimum Gasteiger partial charge on any atom is -0.397 e. The number of halogens is 1. The van der Waals surface area contributed by atoms with E-state index in [2.05, 4.69) is 19.2 Å². The predicted molar refractivity (Wildman–Crippen MR) is 84.1 cm³/mol. The minimum atomic E-state index is -0.0641. The maximum absolute atomic E-state index is 11.8. The molecule has 0 spiro atoms. The van der Waals surface area contributed by atoms with Gasteiger partial charge in [-0.15, -0.1) is 0 Å². The standard InChI is InChI=1S/C15H23ClN2O2/c1-3-5-11(2)20-9-4-6-15(19)18-14-8-7-12(16)10-13(14)17/h7-8,10-11H,3-6,9,17H2,1-2H3,(H,18,19). The van der Waals surface area contributed by atoms with Gasteiger partial charge in [-0.05, 0) is 38.0 Å². The van der Waals surface area contributed by atoms with E-state index < -0.39 is 0 Å². The summed E-state index contributed by atoms with van der Waals surface area (Å²) in [7, 11) is 0. The van der Waals surface area contributed by atoms with Crippen LogP contribution in [-0.4, -0.2) is 18.6 Å². The van der Waals surface area contributed by atoms with Crippen molar-refractivity contribution in [2.45, 2.75) is 45.6 Å². The fraction of sp³-hybridized carbons (Fsp3) is 0.533. The Kier molecular flexibility index (Phi) is 7.41. The van der Waals surface area contributed by atoms with Crippen LogP contribution in [0.3, 0.4) is 0 Å². The molecule has 1 unspecified atom stereocenters. The normalized spacial score (nSPS) is 12.2. The smallest absolute Gasteiger partial charge is 0.224 e. The highest BCUT2D eigenvalue weighted by atomic mass is 35.5. The molecule has 112 valence electrons. The van der Waals surface area contributed by atoms with Crippen molar-refractivity contribution in [3.63, 3.8) is 0 Å². The van der Waals surface area contributed by atoms with Crippen molar-refractivity contribution in [3.05, 3.63) is 23.2 Å². The molecule has 4 nitrogen and oxygen atoms in total. The fourth-order valence-corrected chi connectivity index (χ4v) is 2.05. The lowest BCUT2D eigenvalue weighted by atomic mass is 10.2. The third-order valence-electron chi connectivity index (χ3n) is 2.93. The average Bonchev–Trinajstić information content (AvgIpc) is 2.38. The summed E-state index contributed by atoms with van der Waals surface area (Å²) in [5.74, 6) is -0.0641. The molecule has 0 aliphatic carbocycles. The first-order valence-corrected chi connectivity index (χ1v) is 7.37. The lowest BCUT2D eigenvalue weighted by Crippen LogP contribution is -2.15. The molecule has 0 heterocycles. The molecule has 1 aromatic rings. The van der Waals surface area contributed by atoms with Crippen LogP contribution in [0.4, 0.5) is 11.4 Å². The van der Waals surface area contributed by atoms with Crippen LogP contribution in [-0.2, 0) is 9.53 Å². The van der Waals surface area contributed by atoms with Crippen molar-refractivity contribution in [3.8, 4) is 0 Å². The second-order valence-electron chi connectivity index (χ2n) is 4.85. The highest BCUT2D eigenvalue weighted by Crippen LogP contribution is 2.22. The Morgan fingerprint density at radius 2 is 2.25 bits per heavy atom. The molecule has 1 rings (SSSR count). The van der Waals surface area contributed by atoms with E-state index in [1.165, 1.54) is 0 Å². The number of carbonyl (C=O) groups is 1. The van der Waals surface area contributed by atoms with Gasteiger partial charge in [0.25, 0.3) is 0 Å². The summed E-state index contributed by atoms with van der Waals surface area (Å²) in [6.07, 6.45) is 3.54. The topological polar surface area (TPSA) is 64.3 Å². The van der Waals surface area contributed by atoms with Gasteiger partial charge in [0.05, 0.1) is 17.5 Å². The predicted octanol–water partition coefficient (Wildman–Crippen LogP) is 3.85. The monoisotopic (exact) mass is 298 g/mol. The number of rotatable bonds is 8. The Balaban J connectivity index is 2.26. The van der Waals surface area contributed by atoms with Gasteiger partial charge in [-0.3, -0.25) is 4.79 Å². The van der Waals surface area contributed by atoms with Gasteiger partial charge in [0.15, 0.2) is 0 Å². The highest BCUT2D eigenvalue weighted by Gasteiger charge is 2.06. The van der Waals surface area contributed by atoms with E-state index >= 15 is 0 Å². The Bertz CT molecular complexity index is 438.